The molecule has 0 amide bonds. The average Bonchev–Trinajstić information content (AvgIpc) is 3.31. The fraction of sp³-hybridized carbons (Fsp3) is 0.650. The third-order valence-corrected chi connectivity index (χ3v) is 11.1. The molecule has 0 radical (unpaired) electrons. The summed E-state index contributed by atoms with van der Waals surface area (Å²) in [6.45, 7) is 6.39. The highest BCUT2D eigenvalue weighted by atomic mass is 16.6. The van der Waals surface area contributed by atoms with E-state index in [1.807, 2.05) is 48.6 Å². The fourth-order valence-corrected chi connectivity index (χ4v) is 7.06. The molecule has 0 heterocycles. The van der Waals surface area contributed by atoms with Gasteiger partial charge in [0.2, 0.25) is 0 Å². The van der Waals surface area contributed by atoms with Gasteiger partial charge in [-0.1, -0.05) is 226 Å². The maximum absolute atomic E-state index is 12.8. The van der Waals surface area contributed by atoms with Crippen LogP contribution in [-0.2, 0) is 28.6 Å². The molecule has 0 aromatic carbocycles. The van der Waals surface area contributed by atoms with E-state index in [0.717, 1.165) is 83.5 Å². The molecule has 0 aliphatic rings. The van der Waals surface area contributed by atoms with Crippen LogP contribution < -0.4 is 0 Å². The van der Waals surface area contributed by atoms with E-state index in [-0.39, 0.29) is 37.5 Å². The molecule has 0 saturated heterocycles. The number of unbranched alkanes of at least 4 members (excludes halogenated alkanes) is 22. The summed E-state index contributed by atoms with van der Waals surface area (Å²) < 4.78 is 16.7. The summed E-state index contributed by atoms with van der Waals surface area (Å²) in [5.41, 5.74) is 0. The molecule has 66 heavy (non-hydrogen) atoms. The summed E-state index contributed by atoms with van der Waals surface area (Å²) in [6.07, 6.45) is 72.2. The Morgan fingerprint density at radius 3 is 1.15 bits per heavy atom. The number of carbonyl (C=O) groups is 3. The van der Waals surface area contributed by atoms with Gasteiger partial charge in [0.25, 0.3) is 0 Å². The Balaban J connectivity index is 4.56. The van der Waals surface area contributed by atoms with Crippen molar-refractivity contribution in [3.8, 4) is 0 Å². The van der Waals surface area contributed by atoms with Crippen LogP contribution in [0.2, 0.25) is 0 Å². The van der Waals surface area contributed by atoms with Crippen LogP contribution in [0, 0.1) is 0 Å². The first kappa shape index (κ1) is 62.1. The molecule has 0 saturated carbocycles. The van der Waals surface area contributed by atoms with Gasteiger partial charge in [-0.3, -0.25) is 14.4 Å². The predicted molar refractivity (Wildman–Crippen MR) is 283 cm³/mol. The van der Waals surface area contributed by atoms with Gasteiger partial charge < -0.3 is 14.2 Å². The van der Waals surface area contributed by atoms with Crippen molar-refractivity contribution in [3.05, 3.63) is 109 Å². The zero-order valence-electron chi connectivity index (χ0n) is 42.7. The molecule has 0 spiro atoms. The fourth-order valence-electron chi connectivity index (χ4n) is 7.06. The summed E-state index contributed by atoms with van der Waals surface area (Å²) in [6, 6.07) is 0. The highest BCUT2D eigenvalue weighted by Crippen LogP contribution is 2.13. The van der Waals surface area contributed by atoms with Crippen molar-refractivity contribution < 1.29 is 28.6 Å². The van der Waals surface area contributed by atoms with Gasteiger partial charge in [0.15, 0.2) is 6.10 Å². The molecule has 0 aromatic rings. The Kier molecular flexibility index (Phi) is 50.5. The Morgan fingerprint density at radius 1 is 0.333 bits per heavy atom. The highest BCUT2D eigenvalue weighted by Gasteiger charge is 2.19. The molecular weight excluding hydrogens is 817 g/mol. The molecule has 6 nitrogen and oxygen atoms in total. The van der Waals surface area contributed by atoms with Crippen LogP contribution in [0.15, 0.2) is 109 Å². The number of hydrogen-bond acceptors (Lipinski definition) is 6. The van der Waals surface area contributed by atoms with Crippen LogP contribution in [0.25, 0.3) is 0 Å². The van der Waals surface area contributed by atoms with Gasteiger partial charge in [0.05, 0.1) is 0 Å². The Labute approximate surface area is 406 Å². The van der Waals surface area contributed by atoms with Gasteiger partial charge in [-0.2, -0.15) is 0 Å². The Morgan fingerprint density at radius 2 is 0.667 bits per heavy atom. The van der Waals surface area contributed by atoms with Crippen LogP contribution in [0.5, 0.6) is 0 Å². The first-order valence-corrected chi connectivity index (χ1v) is 27.0. The van der Waals surface area contributed by atoms with E-state index in [9.17, 15) is 14.4 Å². The maximum Gasteiger partial charge on any atom is 0.306 e. The van der Waals surface area contributed by atoms with Crippen molar-refractivity contribution in [2.75, 3.05) is 13.2 Å². The van der Waals surface area contributed by atoms with Gasteiger partial charge >= 0.3 is 17.9 Å². The average molecular weight is 915 g/mol. The lowest BCUT2D eigenvalue weighted by molar-refractivity contribution is -0.167. The topological polar surface area (TPSA) is 78.9 Å². The minimum Gasteiger partial charge on any atom is -0.462 e. The van der Waals surface area contributed by atoms with Crippen LogP contribution in [-0.4, -0.2) is 37.2 Å². The Bertz CT molecular complexity index is 1370. The maximum atomic E-state index is 12.8. The minimum atomic E-state index is -0.822. The third kappa shape index (κ3) is 51.1. The zero-order chi connectivity index (χ0) is 47.9. The Hall–Kier alpha value is -3.93. The van der Waals surface area contributed by atoms with Gasteiger partial charge in [0, 0.05) is 19.3 Å². The molecule has 0 aromatic heterocycles. The number of allylic oxidation sites excluding steroid dienone is 18. The smallest absolute Gasteiger partial charge is 0.306 e. The van der Waals surface area contributed by atoms with Crippen molar-refractivity contribution in [2.24, 2.45) is 0 Å². The lowest BCUT2D eigenvalue weighted by Crippen LogP contribution is -2.30. The second-order valence-electron chi connectivity index (χ2n) is 17.5. The first-order valence-electron chi connectivity index (χ1n) is 27.0. The molecular formula is C60H98O6. The summed E-state index contributed by atoms with van der Waals surface area (Å²) in [5, 5.41) is 0. The number of carbonyl (C=O) groups excluding carboxylic acids is 3. The quantitative estimate of drug-likeness (QED) is 0.0199. The summed E-state index contributed by atoms with van der Waals surface area (Å²) in [7, 11) is 0. The molecule has 6 heteroatoms. The SMILES string of the molecule is CC\C=C/C=C\C=C/C=C\C=C/CCCCCC(=O)OCC(COC(=O)CCC/C=C\C/C=C\C/C=C\CCCCCCCC)OC(=O)CCCCCCC/C=C\CCCCCCCCC. The van der Waals surface area contributed by atoms with E-state index in [1.165, 1.54) is 103 Å². The van der Waals surface area contributed by atoms with Gasteiger partial charge in [0.1, 0.15) is 13.2 Å². The number of hydrogen-bond donors (Lipinski definition) is 0. The summed E-state index contributed by atoms with van der Waals surface area (Å²) in [5.74, 6) is -1.02. The molecule has 0 aliphatic heterocycles. The van der Waals surface area contributed by atoms with Crippen molar-refractivity contribution in [2.45, 2.75) is 239 Å². The van der Waals surface area contributed by atoms with E-state index in [2.05, 4.69) is 81.5 Å². The van der Waals surface area contributed by atoms with Crippen LogP contribution in [0.4, 0.5) is 0 Å². The first-order chi connectivity index (χ1) is 32.5. The second kappa shape index (κ2) is 53.7. The standard InChI is InChI=1S/C60H98O6/c1-4-7-10-13-16-19-22-25-28-30-33-35-38-41-44-47-50-53-59(62)65-56-57(55-64-58(61)52-49-46-43-40-37-34-31-27-24-21-18-15-12-9-6-3)66-60(63)54-51-48-45-42-39-36-32-29-26-23-20-17-14-11-8-5-2/h9,12,15,18,21,24-25,27-29,31-35,37,41,44,57H,4-8,10-11,13-14,16-17,19-20,22-23,26,30,36,38-40,42-43,45-56H2,1-3H3/b12-9-,18-15-,24-21-,28-25-,31-27-,32-29-,35-33-,37-34-,44-41-. The molecule has 1 atom stereocenters. The van der Waals surface area contributed by atoms with Gasteiger partial charge in [-0.05, 0) is 96.3 Å². The number of rotatable bonds is 47. The lowest BCUT2D eigenvalue weighted by atomic mass is 10.1. The predicted octanol–water partition coefficient (Wildman–Crippen LogP) is 17.9. The van der Waals surface area contributed by atoms with Gasteiger partial charge in [-0.15, -0.1) is 0 Å². The number of esters is 3. The lowest BCUT2D eigenvalue weighted by Gasteiger charge is -2.18. The molecule has 0 aliphatic carbocycles. The molecule has 0 rings (SSSR count). The summed E-state index contributed by atoms with van der Waals surface area (Å²) in [4.78, 5) is 38.0. The molecule has 0 fully saturated rings. The van der Waals surface area contributed by atoms with Gasteiger partial charge in [-0.25, -0.2) is 0 Å². The van der Waals surface area contributed by atoms with Crippen molar-refractivity contribution in [1.29, 1.82) is 0 Å². The third-order valence-electron chi connectivity index (χ3n) is 11.1. The van der Waals surface area contributed by atoms with Crippen molar-refractivity contribution >= 4 is 17.9 Å². The second-order valence-corrected chi connectivity index (χ2v) is 17.5. The van der Waals surface area contributed by atoms with E-state index < -0.39 is 6.10 Å². The van der Waals surface area contributed by atoms with Crippen molar-refractivity contribution in [1.82, 2.24) is 0 Å². The zero-order valence-corrected chi connectivity index (χ0v) is 42.7. The van der Waals surface area contributed by atoms with Crippen molar-refractivity contribution in [3.63, 3.8) is 0 Å². The monoisotopic (exact) mass is 915 g/mol. The molecule has 0 bridgehead atoms. The number of ether oxygens (including phenoxy) is 3. The van der Waals surface area contributed by atoms with Crippen LogP contribution >= 0.6 is 0 Å². The van der Waals surface area contributed by atoms with Crippen LogP contribution in [0.1, 0.15) is 233 Å². The molecule has 0 N–H and O–H groups in total. The van der Waals surface area contributed by atoms with Crippen LogP contribution in [0.3, 0.4) is 0 Å². The highest BCUT2D eigenvalue weighted by molar-refractivity contribution is 5.71. The molecule has 374 valence electrons. The van der Waals surface area contributed by atoms with E-state index >= 15 is 0 Å². The normalized spacial score (nSPS) is 13.0. The largest absolute Gasteiger partial charge is 0.462 e. The van der Waals surface area contributed by atoms with E-state index in [0.29, 0.717) is 19.3 Å². The van der Waals surface area contributed by atoms with E-state index in [4.69, 9.17) is 14.2 Å². The summed E-state index contributed by atoms with van der Waals surface area (Å²) >= 11 is 0. The molecule has 1 unspecified atom stereocenters. The minimum absolute atomic E-state index is 0.121. The van der Waals surface area contributed by atoms with E-state index in [1.54, 1.807) is 0 Å².